The maximum atomic E-state index is 12.2. The molecule has 0 saturated carbocycles. The van der Waals surface area contributed by atoms with E-state index in [4.69, 9.17) is 11.6 Å². The van der Waals surface area contributed by atoms with Gasteiger partial charge in [0.1, 0.15) is 6.54 Å². The Hall–Kier alpha value is -2.92. The number of carbonyl (C=O) groups excluding carboxylic acids is 1. The Morgan fingerprint density at radius 3 is 2.62 bits per heavy atom. The highest BCUT2D eigenvalue weighted by Crippen LogP contribution is 2.19. The molecule has 0 atom stereocenters. The molecule has 0 saturated heterocycles. The van der Waals surface area contributed by atoms with Gasteiger partial charge in [-0.15, -0.1) is 0 Å². The average Bonchev–Trinajstić information content (AvgIpc) is 2.59. The molecule has 5 nitrogen and oxygen atoms in total. The van der Waals surface area contributed by atoms with Gasteiger partial charge >= 0.3 is 0 Å². The predicted molar refractivity (Wildman–Crippen MR) is 103 cm³/mol. The van der Waals surface area contributed by atoms with Crippen LogP contribution >= 0.6 is 11.6 Å². The van der Waals surface area contributed by atoms with Crippen molar-refractivity contribution in [2.75, 3.05) is 5.32 Å². The summed E-state index contributed by atoms with van der Waals surface area (Å²) in [5, 5.41) is 7.56. The molecule has 0 spiro atoms. The van der Waals surface area contributed by atoms with Crippen LogP contribution in [0.15, 0.2) is 59.4 Å². The predicted octanol–water partition coefficient (Wildman–Crippen LogP) is 3.82. The molecule has 0 fully saturated rings. The Kier molecular flexibility index (Phi) is 5.19. The monoisotopic (exact) mass is 367 g/mol. The van der Waals surface area contributed by atoms with E-state index >= 15 is 0 Å². The summed E-state index contributed by atoms with van der Waals surface area (Å²) < 4.78 is 1.16. The van der Waals surface area contributed by atoms with Crippen molar-refractivity contribution in [3.05, 3.63) is 81.1 Å². The molecule has 0 aliphatic rings. The second kappa shape index (κ2) is 7.54. The molecule has 0 bridgehead atoms. The third-order valence-corrected chi connectivity index (χ3v) is 4.31. The van der Waals surface area contributed by atoms with Crippen molar-refractivity contribution in [3.63, 3.8) is 0 Å². The van der Waals surface area contributed by atoms with E-state index in [1.807, 2.05) is 32.0 Å². The summed E-state index contributed by atoms with van der Waals surface area (Å²) >= 11 is 5.91. The number of aromatic nitrogens is 2. The Balaban J connectivity index is 1.82. The molecule has 1 aromatic heterocycles. The minimum absolute atomic E-state index is 0.177. The first-order valence-electron chi connectivity index (χ1n) is 8.13. The molecule has 0 radical (unpaired) electrons. The number of benzene rings is 2. The highest BCUT2D eigenvalue weighted by molar-refractivity contribution is 6.30. The smallest absolute Gasteiger partial charge is 0.267 e. The van der Waals surface area contributed by atoms with Crippen LogP contribution in [0.25, 0.3) is 11.3 Å². The first-order chi connectivity index (χ1) is 12.4. The molecule has 1 heterocycles. The van der Waals surface area contributed by atoms with Crippen LogP contribution in [0.3, 0.4) is 0 Å². The molecule has 6 heteroatoms. The van der Waals surface area contributed by atoms with Gasteiger partial charge in [-0.25, -0.2) is 4.68 Å². The van der Waals surface area contributed by atoms with Crippen LogP contribution in [0.2, 0.25) is 5.02 Å². The van der Waals surface area contributed by atoms with Gasteiger partial charge in [-0.1, -0.05) is 29.8 Å². The van der Waals surface area contributed by atoms with Crippen LogP contribution < -0.4 is 10.9 Å². The summed E-state index contributed by atoms with van der Waals surface area (Å²) in [7, 11) is 0. The van der Waals surface area contributed by atoms with E-state index in [-0.39, 0.29) is 18.0 Å². The first kappa shape index (κ1) is 17.9. The molecule has 1 N–H and O–H groups in total. The zero-order valence-electron chi connectivity index (χ0n) is 14.5. The first-order valence-corrected chi connectivity index (χ1v) is 8.51. The van der Waals surface area contributed by atoms with E-state index in [0.29, 0.717) is 16.4 Å². The highest BCUT2D eigenvalue weighted by Gasteiger charge is 2.09. The van der Waals surface area contributed by atoms with Crippen molar-refractivity contribution < 1.29 is 4.79 Å². The number of carbonyl (C=O) groups is 1. The number of hydrogen-bond donors (Lipinski definition) is 1. The van der Waals surface area contributed by atoms with Gasteiger partial charge in [0.2, 0.25) is 5.91 Å². The molecule has 26 heavy (non-hydrogen) atoms. The number of amides is 1. The van der Waals surface area contributed by atoms with Gasteiger partial charge in [0.25, 0.3) is 5.56 Å². The topological polar surface area (TPSA) is 64.0 Å². The number of nitrogens with one attached hydrogen (secondary N) is 1. The van der Waals surface area contributed by atoms with Crippen LogP contribution in [0.5, 0.6) is 0 Å². The number of halogens is 1. The number of aryl methyl sites for hydroxylation is 2. The van der Waals surface area contributed by atoms with Gasteiger partial charge in [-0.3, -0.25) is 9.59 Å². The molecule has 3 aromatic rings. The van der Waals surface area contributed by atoms with E-state index in [2.05, 4.69) is 10.4 Å². The minimum atomic E-state index is -0.348. The third kappa shape index (κ3) is 4.18. The molecule has 3 rings (SSSR count). The van der Waals surface area contributed by atoms with Crippen LogP contribution in [-0.4, -0.2) is 15.7 Å². The Morgan fingerprint density at radius 1 is 1.08 bits per heavy atom. The van der Waals surface area contributed by atoms with E-state index < -0.39 is 0 Å². The molecular weight excluding hydrogens is 350 g/mol. The number of rotatable bonds is 4. The standard InChI is InChI=1S/C20H18ClN3O2/c1-13-6-7-15(10-14(13)2)18-8-9-20(26)24(23-18)12-19(25)22-17-5-3-4-16(21)11-17/h3-11H,12H2,1-2H3,(H,22,25). The summed E-state index contributed by atoms with van der Waals surface area (Å²) in [6.45, 7) is 3.88. The highest BCUT2D eigenvalue weighted by atomic mass is 35.5. The second-order valence-electron chi connectivity index (χ2n) is 6.07. The van der Waals surface area contributed by atoms with Crippen molar-refractivity contribution in [2.45, 2.75) is 20.4 Å². The quantitative estimate of drug-likeness (QED) is 0.762. The van der Waals surface area contributed by atoms with Crippen molar-refractivity contribution in [2.24, 2.45) is 0 Å². The maximum Gasteiger partial charge on any atom is 0.267 e. The molecule has 0 aliphatic heterocycles. The minimum Gasteiger partial charge on any atom is -0.324 e. The van der Waals surface area contributed by atoms with Gasteiger partial charge in [-0.05, 0) is 55.3 Å². The zero-order valence-corrected chi connectivity index (χ0v) is 15.2. The van der Waals surface area contributed by atoms with Crippen molar-refractivity contribution in [1.29, 1.82) is 0 Å². The van der Waals surface area contributed by atoms with Gasteiger partial charge in [0, 0.05) is 22.3 Å². The fourth-order valence-electron chi connectivity index (χ4n) is 2.52. The third-order valence-electron chi connectivity index (χ3n) is 4.07. The lowest BCUT2D eigenvalue weighted by atomic mass is 10.0. The molecule has 0 aliphatic carbocycles. The Labute approximate surface area is 156 Å². The summed E-state index contributed by atoms with van der Waals surface area (Å²) in [6, 6.07) is 15.9. The Morgan fingerprint density at radius 2 is 1.88 bits per heavy atom. The molecular formula is C20H18ClN3O2. The van der Waals surface area contributed by atoms with Crippen molar-refractivity contribution >= 4 is 23.2 Å². The van der Waals surface area contributed by atoms with Crippen molar-refractivity contribution in [1.82, 2.24) is 9.78 Å². The van der Waals surface area contributed by atoms with E-state index in [9.17, 15) is 9.59 Å². The lowest BCUT2D eigenvalue weighted by Gasteiger charge is -2.09. The number of anilines is 1. The Bertz CT molecular complexity index is 1030. The maximum absolute atomic E-state index is 12.2. The normalized spacial score (nSPS) is 10.6. The fraction of sp³-hybridized carbons (Fsp3) is 0.150. The van der Waals surface area contributed by atoms with Gasteiger partial charge < -0.3 is 5.32 Å². The van der Waals surface area contributed by atoms with Crippen LogP contribution in [0.1, 0.15) is 11.1 Å². The van der Waals surface area contributed by atoms with Crippen LogP contribution in [-0.2, 0) is 11.3 Å². The van der Waals surface area contributed by atoms with Gasteiger partial charge in [0.15, 0.2) is 0 Å². The molecule has 0 unspecified atom stereocenters. The summed E-state index contributed by atoms with van der Waals surface area (Å²) in [6.07, 6.45) is 0. The SMILES string of the molecule is Cc1ccc(-c2ccc(=O)n(CC(=O)Nc3cccc(Cl)c3)n2)cc1C. The van der Waals surface area contributed by atoms with E-state index in [1.54, 1.807) is 30.3 Å². The van der Waals surface area contributed by atoms with E-state index in [0.717, 1.165) is 15.8 Å². The summed E-state index contributed by atoms with van der Waals surface area (Å²) in [5.41, 5.74) is 4.10. The van der Waals surface area contributed by atoms with Crippen LogP contribution in [0.4, 0.5) is 5.69 Å². The van der Waals surface area contributed by atoms with E-state index in [1.165, 1.54) is 11.6 Å². The summed E-state index contributed by atoms with van der Waals surface area (Å²) in [4.78, 5) is 24.3. The lowest BCUT2D eigenvalue weighted by Crippen LogP contribution is -2.29. The molecule has 132 valence electrons. The number of hydrogen-bond acceptors (Lipinski definition) is 3. The lowest BCUT2D eigenvalue weighted by molar-refractivity contribution is -0.117. The zero-order chi connectivity index (χ0) is 18.7. The van der Waals surface area contributed by atoms with Gasteiger partial charge in [0.05, 0.1) is 5.69 Å². The largest absolute Gasteiger partial charge is 0.324 e. The molecule has 1 amide bonds. The second-order valence-corrected chi connectivity index (χ2v) is 6.51. The van der Waals surface area contributed by atoms with Crippen molar-refractivity contribution in [3.8, 4) is 11.3 Å². The number of nitrogens with zero attached hydrogens (tertiary/aromatic N) is 2. The van der Waals surface area contributed by atoms with Gasteiger partial charge in [-0.2, -0.15) is 5.10 Å². The molecule has 2 aromatic carbocycles. The fourth-order valence-corrected chi connectivity index (χ4v) is 2.71. The summed E-state index contributed by atoms with van der Waals surface area (Å²) in [5.74, 6) is -0.348. The average molecular weight is 368 g/mol. The van der Waals surface area contributed by atoms with Crippen LogP contribution in [0, 0.1) is 13.8 Å².